The molecule has 1 rings (SSSR count). The molecule has 1 unspecified atom stereocenters. The van der Waals surface area contributed by atoms with Crippen LogP contribution < -0.4 is 11.1 Å². The molecule has 0 bridgehead atoms. The van der Waals surface area contributed by atoms with E-state index in [-0.39, 0.29) is 29.7 Å². The molecule has 0 spiro atoms. The van der Waals surface area contributed by atoms with Crippen LogP contribution in [0.4, 0.5) is 10.7 Å². The Bertz CT molecular complexity index is 513. The van der Waals surface area contributed by atoms with Crippen molar-refractivity contribution in [1.82, 2.24) is 0 Å². The lowest BCUT2D eigenvalue weighted by atomic mass is 10.2. The maximum absolute atomic E-state index is 12.1. The quantitative estimate of drug-likeness (QED) is 0.566. The van der Waals surface area contributed by atoms with Crippen LogP contribution in [0.1, 0.15) is 47.2 Å². The summed E-state index contributed by atoms with van der Waals surface area (Å²) < 4.78 is 10.2. The summed E-state index contributed by atoms with van der Waals surface area (Å²) >= 11 is 1.18. The minimum Gasteiger partial charge on any atom is -0.462 e. The maximum Gasteiger partial charge on any atom is 0.343 e. The molecule has 0 saturated carbocycles. The summed E-state index contributed by atoms with van der Waals surface area (Å²) in [5.41, 5.74) is 6.36. The van der Waals surface area contributed by atoms with Gasteiger partial charge in [-0.25, -0.2) is 4.79 Å². The van der Waals surface area contributed by atoms with Crippen LogP contribution in [0.3, 0.4) is 0 Å². The lowest BCUT2D eigenvalue weighted by Gasteiger charge is -2.17. The maximum atomic E-state index is 12.1. The number of hydrogen-bond donors (Lipinski definition) is 2. The van der Waals surface area contributed by atoms with Crippen LogP contribution in [0.5, 0.6) is 0 Å². The smallest absolute Gasteiger partial charge is 0.343 e. The summed E-state index contributed by atoms with van der Waals surface area (Å²) in [6.07, 6.45) is 0.809. The van der Waals surface area contributed by atoms with Crippen LogP contribution in [-0.2, 0) is 9.47 Å². The van der Waals surface area contributed by atoms with E-state index < -0.39 is 5.97 Å². The van der Waals surface area contributed by atoms with E-state index in [1.807, 2.05) is 6.92 Å². The van der Waals surface area contributed by atoms with E-state index in [1.165, 1.54) is 18.3 Å². The molecule has 1 aromatic rings. The Morgan fingerprint density at radius 2 is 2.05 bits per heavy atom. The van der Waals surface area contributed by atoms with Gasteiger partial charge in [0.05, 0.1) is 23.8 Å². The van der Waals surface area contributed by atoms with Gasteiger partial charge in [0, 0.05) is 20.1 Å². The Balaban J connectivity index is 3.19. The molecule has 0 aliphatic rings. The molecule has 21 heavy (non-hydrogen) atoms. The highest BCUT2D eigenvalue weighted by Crippen LogP contribution is 2.37. The number of ether oxygens (including phenoxy) is 2. The first kappa shape index (κ1) is 17.5. The van der Waals surface area contributed by atoms with E-state index in [1.54, 1.807) is 14.0 Å². The summed E-state index contributed by atoms with van der Waals surface area (Å²) in [6, 6.07) is 0.0287. The number of carbonyl (C=O) groups is 2. The van der Waals surface area contributed by atoms with Gasteiger partial charge in [-0.1, -0.05) is 6.92 Å². The van der Waals surface area contributed by atoms with Gasteiger partial charge in [-0.05, 0) is 13.3 Å². The summed E-state index contributed by atoms with van der Waals surface area (Å²) in [5, 5.41) is 3.77. The van der Waals surface area contributed by atoms with E-state index in [4.69, 9.17) is 15.2 Å². The van der Waals surface area contributed by atoms with Gasteiger partial charge in [-0.15, -0.1) is 11.3 Å². The second-order valence-corrected chi connectivity index (χ2v) is 5.55. The summed E-state index contributed by atoms with van der Waals surface area (Å²) in [4.78, 5) is 24.1. The topological polar surface area (TPSA) is 90.6 Å². The first-order chi connectivity index (χ1) is 9.96. The highest BCUT2D eigenvalue weighted by atomic mass is 32.1. The molecular formula is C14H22N2O4S. The number of carbonyl (C=O) groups excluding carboxylic acids is 2. The van der Waals surface area contributed by atoms with E-state index in [2.05, 4.69) is 5.32 Å². The molecule has 6 nitrogen and oxygen atoms in total. The van der Waals surface area contributed by atoms with Crippen molar-refractivity contribution < 1.29 is 19.1 Å². The Hall–Kier alpha value is -1.60. The highest BCUT2D eigenvalue weighted by Gasteiger charge is 2.26. The first-order valence-corrected chi connectivity index (χ1v) is 7.63. The molecule has 1 heterocycles. The number of anilines is 2. The third kappa shape index (κ3) is 4.18. The van der Waals surface area contributed by atoms with Gasteiger partial charge in [0.1, 0.15) is 10.6 Å². The minimum atomic E-state index is -0.520. The third-order valence-corrected chi connectivity index (χ3v) is 4.18. The van der Waals surface area contributed by atoms with E-state index in [9.17, 15) is 9.59 Å². The van der Waals surface area contributed by atoms with Crippen molar-refractivity contribution in [2.45, 2.75) is 33.2 Å². The van der Waals surface area contributed by atoms with Crippen LogP contribution in [-0.4, -0.2) is 38.1 Å². The summed E-state index contributed by atoms with van der Waals surface area (Å²) in [7, 11) is 1.61. The van der Waals surface area contributed by atoms with E-state index >= 15 is 0 Å². The molecule has 0 aliphatic carbocycles. The van der Waals surface area contributed by atoms with Gasteiger partial charge in [0.15, 0.2) is 5.78 Å². The molecule has 0 aromatic carbocycles. The second-order valence-electron chi connectivity index (χ2n) is 4.53. The van der Waals surface area contributed by atoms with Crippen molar-refractivity contribution in [3.05, 3.63) is 10.4 Å². The number of ketones is 1. The molecule has 3 N–H and O–H groups in total. The van der Waals surface area contributed by atoms with Gasteiger partial charge < -0.3 is 20.5 Å². The molecule has 1 atom stereocenters. The van der Waals surface area contributed by atoms with E-state index in [0.717, 1.165) is 6.42 Å². The second kappa shape index (κ2) is 7.99. The predicted octanol–water partition coefficient (Wildman–Crippen LogP) is 2.55. The number of nitrogen functional groups attached to an aromatic ring is 1. The summed E-state index contributed by atoms with van der Waals surface area (Å²) in [5.74, 6) is -0.690. The monoisotopic (exact) mass is 314 g/mol. The number of esters is 1. The average molecular weight is 314 g/mol. The fourth-order valence-electron chi connectivity index (χ4n) is 1.86. The number of thiophene rings is 1. The van der Waals surface area contributed by atoms with Crippen molar-refractivity contribution in [1.29, 1.82) is 0 Å². The average Bonchev–Trinajstić information content (AvgIpc) is 2.75. The molecule has 7 heteroatoms. The molecule has 0 amide bonds. The normalized spacial score (nSPS) is 12.0. The number of rotatable bonds is 8. The van der Waals surface area contributed by atoms with Crippen molar-refractivity contribution in [2.75, 3.05) is 31.4 Å². The Morgan fingerprint density at radius 3 is 2.52 bits per heavy atom. The number of Topliss-reactive ketones (excluding diaryl/α,β-unsaturated/α-hetero) is 1. The first-order valence-electron chi connectivity index (χ1n) is 6.81. The zero-order chi connectivity index (χ0) is 16.0. The lowest BCUT2D eigenvalue weighted by molar-refractivity contribution is 0.0529. The van der Waals surface area contributed by atoms with Gasteiger partial charge in [0.25, 0.3) is 0 Å². The lowest BCUT2D eigenvalue weighted by Crippen LogP contribution is -2.24. The number of nitrogens with two attached hydrogens (primary N) is 1. The van der Waals surface area contributed by atoms with Crippen LogP contribution in [0.15, 0.2) is 0 Å². The Kier molecular flexibility index (Phi) is 6.64. The number of hydrogen-bond acceptors (Lipinski definition) is 7. The van der Waals surface area contributed by atoms with Gasteiger partial charge in [-0.3, -0.25) is 4.79 Å². The Morgan fingerprint density at radius 1 is 1.38 bits per heavy atom. The molecule has 0 fully saturated rings. The van der Waals surface area contributed by atoms with E-state index in [0.29, 0.717) is 16.5 Å². The largest absolute Gasteiger partial charge is 0.462 e. The fourth-order valence-corrected chi connectivity index (χ4v) is 2.94. The van der Waals surface area contributed by atoms with Gasteiger partial charge >= 0.3 is 5.97 Å². The third-order valence-electron chi connectivity index (χ3n) is 2.94. The van der Waals surface area contributed by atoms with Crippen molar-refractivity contribution >= 4 is 33.8 Å². The Labute approximate surface area is 128 Å². The van der Waals surface area contributed by atoms with Crippen LogP contribution in [0, 0.1) is 0 Å². The van der Waals surface area contributed by atoms with Crippen LogP contribution in [0.2, 0.25) is 0 Å². The fraction of sp³-hybridized carbons (Fsp3) is 0.571. The molecular weight excluding hydrogens is 292 g/mol. The number of nitrogens with one attached hydrogen (secondary N) is 1. The zero-order valence-corrected chi connectivity index (χ0v) is 13.6. The highest BCUT2D eigenvalue weighted by molar-refractivity contribution is 7.19. The molecule has 0 radical (unpaired) electrons. The summed E-state index contributed by atoms with van der Waals surface area (Å²) in [6.45, 7) is 5.89. The predicted molar refractivity (Wildman–Crippen MR) is 84.3 cm³/mol. The minimum absolute atomic E-state index is 0.0287. The van der Waals surface area contributed by atoms with Gasteiger partial charge in [0.2, 0.25) is 0 Å². The van der Waals surface area contributed by atoms with Gasteiger partial charge in [-0.2, -0.15) is 0 Å². The molecule has 0 saturated heterocycles. The standard InChI is InChI=1S/C14H22N2O4S/c1-5-9(7-19-4)16-13-10(14(18)20-6-2)11(15)12(21-13)8(3)17/h9,16H,5-7,15H2,1-4H3. The SMILES string of the molecule is CCOC(=O)c1c(NC(CC)COC)sc(C(C)=O)c1N. The molecule has 118 valence electrons. The number of methoxy groups -OCH3 is 1. The van der Waals surface area contributed by atoms with Crippen molar-refractivity contribution in [3.8, 4) is 0 Å². The zero-order valence-electron chi connectivity index (χ0n) is 12.8. The van der Waals surface area contributed by atoms with Crippen molar-refractivity contribution in [3.63, 3.8) is 0 Å². The molecule has 1 aromatic heterocycles. The van der Waals surface area contributed by atoms with Crippen molar-refractivity contribution in [2.24, 2.45) is 0 Å². The van der Waals surface area contributed by atoms with Crippen LogP contribution >= 0.6 is 11.3 Å². The van der Waals surface area contributed by atoms with Crippen LogP contribution in [0.25, 0.3) is 0 Å². The molecule has 0 aliphatic heterocycles.